The molecule has 0 saturated heterocycles. The topological polar surface area (TPSA) is 17.1 Å². The molecule has 0 aliphatic carbocycles. The van der Waals surface area contributed by atoms with E-state index in [0.29, 0.717) is 6.29 Å². The molecule has 0 bridgehead atoms. The van der Waals surface area contributed by atoms with E-state index in [1.165, 1.54) is 5.56 Å². The fourth-order valence-electron chi connectivity index (χ4n) is 0.586. The first-order valence-electron chi connectivity index (χ1n) is 3.32. The molecule has 2 heteroatoms. The number of rotatable bonds is 1. The van der Waals surface area contributed by atoms with E-state index in [2.05, 4.69) is 19.9 Å². The van der Waals surface area contributed by atoms with Crippen molar-refractivity contribution < 1.29 is 37.5 Å². The Balaban J connectivity index is 0. The Hall–Kier alpha value is -0.136. The fourth-order valence-corrected chi connectivity index (χ4v) is 0.586. The van der Waals surface area contributed by atoms with Crippen LogP contribution < -0.4 is 0 Å². The van der Waals surface area contributed by atoms with Gasteiger partial charge in [0.05, 0.1) is 0 Å². The first kappa shape index (κ1) is 14.4. The van der Waals surface area contributed by atoms with Crippen molar-refractivity contribution >= 4 is 6.29 Å². The molecule has 0 spiro atoms. The van der Waals surface area contributed by atoms with E-state index in [9.17, 15) is 0 Å². The summed E-state index contributed by atoms with van der Waals surface area (Å²) in [5, 5.41) is 0. The average Bonchev–Trinajstić information content (AvgIpc) is 2.08. The molecule has 0 unspecified atom stereocenters. The van der Waals surface area contributed by atoms with E-state index in [1.54, 1.807) is 0 Å². The zero-order valence-electron chi connectivity index (χ0n) is 6.99. The van der Waals surface area contributed by atoms with Crippen molar-refractivity contribution in [1.29, 1.82) is 0 Å². The van der Waals surface area contributed by atoms with Crippen LogP contribution in [0.25, 0.3) is 0 Å². The minimum absolute atomic E-state index is 0. The minimum Gasteiger partial charge on any atom is -0.343 e. The third-order valence-electron chi connectivity index (χ3n) is 1.04. The van der Waals surface area contributed by atoms with E-state index < -0.39 is 0 Å². The molecule has 1 aromatic rings. The number of carbonyl (C=O) groups is 1. The third-order valence-corrected chi connectivity index (χ3v) is 1.04. The summed E-state index contributed by atoms with van der Waals surface area (Å²) in [6, 6.07) is 10.9. The molecule has 0 fully saturated rings. The zero-order valence-corrected chi connectivity index (χ0v) is 9.83. The summed E-state index contributed by atoms with van der Waals surface area (Å²) < 4.78 is 0. The van der Waals surface area contributed by atoms with Crippen LogP contribution in [0.5, 0.6) is 0 Å². The van der Waals surface area contributed by atoms with Gasteiger partial charge in [0.15, 0.2) is 0 Å². The summed E-state index contributed by atoms with van der Waals surface area (Å²) in [6.45, 7) is 6.53. The molecule has 0 aromatic heterocycles. The second-order valence-corrected chi connectivity index (χ2v) is 1.80. The van der Waals surface area contributed by atoms with Gasteiger partial charge in [-0.3, -0.25) is 0 Å². The summed E-state index contributed by atoms with van der Waals surface area (Å²) in [7, 11) is 0. The average molecular weight is 236 g/mol. The molecular weight excluding hydrogens is 225 g/mol. The van der Waals surface area contributed by atoms with Gasteiger partial charge in [0, 0.05) is 0 Å². The zero-order chi connectivity index (χ0) is 8.53. The molecule has 1 rings (SSSR count). The van der Waals surface area contributed by atoms with E-state index >= 15 is 0 Å². The van der Waals surface area contributed by atoms with Gasteiger partial charge in [-0.15, -0.1) is 0 Å². The molecule has 0 aliphatic rings. The Kier molecular flexibility index (Phi) is 13.0. The van der Waals surface area contributed by atoms with Crippen molar-refractivity contribution in [3.05, 3.63) is 49.7 Å². The number of benzene rings is 1. The van der Waals surface area contributed by atoms with Crippen molar-refractivity contribution in [1.82, 2.24) is 0 Å². The molecule has 0 atom stereocenters. The van der Waals surface area contributed by atoms with Gasteiger partial charge < -0.3 is 18.6 Å². The van der Waals surface area contributed by atoms with E-state index in [-0.39, 0.29) is 32.7 Å². The second-order valence-electron chi connectivity index (χ2n) is 1.80. The van der Waals surface area contributed by atoms with E-state index in [1.807, 2.05) is 24.3 Å². The molecular formula is C10H11OY. The number of carbonyl (C=O) groups excluding carboxylic acids is 1. The Morgan fingerprint density at radius 1 is 1.50 bits per heavy atom. The maximum Gasteiger partial charge on any atom is 3.00 e. The van der Waals surface area contributed by atoms with E-state index in [4.69, 9.17) is 4.79 Å². The quantitative estimate of drug-likeness (QED) is 0.537. The standard InChI is InChI=1S/C8H8.C2H3O.Y/c1-2-8-6-4-3-5-7-8;1-2-3;/h3-6H,1-2H2;2H,1H2;/q-2;-1;+3. The van der Waals surface area contributed by atoms with Crippen molar-refractivity contribution in [2.24, 2.45) is 0 Å². The van der Waals surface area contributed by atoms with Gasteiger partial charge in [0.2, 0.25) is 0 Å². The fraction of sp³-hybridized carbons (Fsp3) is 0.100. The summed E-state index contributed by atoms with van der Waals surface area (Å²) in [5.41, 5.74) is 1.17. The molecule has 1 aromatic carbocycles. The van der Waals surface area contributed by atoms with Crippen molar-refractivity contribution in [2.75, 3.05) is 0 Å². The Labute approximate surface area is 99.4 Å². The van der Waals surface area contributed by atoms with Crippen LogP contribution in [-0.4, -0.2) is 6.29 Å². The molecule has 0 aliphatic heterocycles. The van der Waals surface area contributed by atoms with Gasteiger partial charge in [-0.1, -0.05) is 0 Å². The predicted molar refractivity (Wildman–Crippen MR) is 45.8 cm³/mol. The number of aldehydes is 1. The van der Waals surface area contributed by atoms with E-state index in [0.717, 1.165) is 6.42 Å². The van der Waals surface area contributed by atoms with Crippen LogP contribution in [-0.2, 0) is 43.9 Å². The van der Waals surface area contributed by atoms with Gasteiger partial charge in [0.1, 0.15) is 0 Å². The summed E-state index contributed by atoms with van der Waals surface area (Å²) in [4.78, 5) is 8.69. The van der Waals surface area contributed by atoms with Crippen molar-refractivity contribution in [2.45, 2.75) is 6.42 Å². The van der Waals surface area contributed by atoms with Crippen LogP contribution in [0.2, 0.25) is 0 Å². The van der Waals surface area contributed by atoms with Crippen LogP contribution >= 0.6 is 0 Å². The molecule has 1 nitrogen and oxygen atoms in total. The predicted octanol–water partition coefficient (Wildman–Crippen LogP) is 1.88. The van der Waals surface area contributed by atoms with Gasteiger partial charge >= 0.3 is 32.7 Å². The molecule has 60 valence electrons. The van der Waals surface area contributed by atoms with Crippen LogP contribution in [0.3, 0.4) is 0 Å². The number of hydrogen-bond donors (Lipinski definition) is 0. The summed E-state index contributed by atoms with van der Waals surface area (Å²) in [5.74, 6) is 0. The maximum atomic E-state index is 8.69. The second kappa shape index (κ2) is 10.9. The summed E-state index contributed by atoms with van der Waals surface area (Å²) >= 11 is 0. The van der Waals surface area contributed by atoms with Gasteiger partial charge in [-0.2, -0.15) is 42.3 Å². The van der Waals surface area contributed by atoms with Crippen molar-refractivity contribution in [3.8, 4) is 0 Å². The molecule has 0 radical (unpaired) electrons. The van der Waals surface area contributed by atoms with Crippen LogP contribution in [0, 0.1) is 19.9 Å². The largest absolute Gasteiger partial charge is 3.00 e. The maximum absolute atomic E-state index is 8.69. The first-order valence-corrected chi connectivity index (χ1v) is 3.32. The molecule has 12 heavy (non-hydrogen) atoms. The summed E-state index contributed by atoms with van der Waals surface area (Å²) in [6.07, 6.45) is 1.33. The third kappa shape index (κ3) is 7.97. The molecule has 0 saturated carbocycles. The molecule has 0 N–H and O–H groups in total. The minimum atomic E-state index is 0. The Morgan fingerprint density at radius 3 is 2.33 bits per heavy atom. The van der Waals surface area contributed by atoms with Gasteiger partial charge in [0.25, 0.3) is 0 Å². The van der Waals surface area contributed by atoms with Crippen LogP contribution in [0.15, 0.2) is 24.3 Å². The van der Waals surface area contributed by atoms with Gasteiger partial charge in [-0.05, 0) is 6.29 Å². The SMILES string of the molecule is [CH2-]C=O.[CH2-]Cc1[c-]cccc1.[Y+3]. The first-order chi connectivity index (χ1) is 5.35. The number of hydrogen-bond acceptors (Lipinski definition) is 1. The van der Waals surface area contributed by atoms with Crippen LogP contribution in [0.4, 0.5) is 0 Å². The smallest absolute Gasteiger partial charge is 0.343 e. The Morgan fingerprint density at radius 2 is 2.08 bits per heavy atom. The van der Waals surface area contributed by atoms with Crippen LogP contribution in [0.1, 0.15) is 5.56 Å². The van der Waals surface area contributed by atoms with Crippen molar-refractivity contribution in [3.63, 3.8) is 0 Å². The molecule has 0 amide bonds. The Bertz CT molecular complexity index is 184. The molecule has 0 heterocycles. The monoisotopic (exact) mass is 236 g/mol. The van der Waals surface area contributed by atoms with Gasteiger partial charge in [-0.25, -0.2) is 0 Å². The normalized spacial score (nSPS) is 7.08.